The van der Waals surface area contributed by atoms with Crippen LogP contribution in [-0.2, 0) is 6.42 Å². The minimum atomic E-state index is -1.19. The lowest BCUT2D eigenvalue weighted by molar-refractivity contribution is -0.0471. The Morgan fingerprint density at radius 3 is 2.00 bits per heavy atom. The molecule has 2 N–H and O–H groups in total. The van der Waals surface area contributed by atoms with Gasteiger partial charge in [0.1, 0.15) is 17.2 Å². The van der Waals surface area contributed by atoms with Crippen molar-refractivity contribution in [1.29, 1.82) is 0 Å². The minimum Gasteiger partial charge on any atom is -0.497 e. The zero-order chi connectivity index (χ0) is 20.0. The Morgan fingerprint density at radius 1 is 0.889 bits per heavy atom. The summed E-state index contributed by atoms with van der Waals surface area (Å²) >= 11 is 0. The zero-order valence-corrected chi connectivity index (χ0v) is 16.5. The number of aliphatic hydroxyl groups excluding tert-OH is 1. The number of rotatable bonds is 8. The summed E-state index contributed by atoms with van der Waals surface area (Å²) in [5, 5.41) is 20.2. The van der Waals surface area contributed by atoms with E-state index in [9.17, 15) is 10.2 Å². The predicted octanol–water partition coefficient (Wildman–Crippen LogP) is 3.56. The Kier molecular flexibility index (Phi) is 6.88. The second-order valence-electron chi connectivity index (χ2n) is 6.92. The molecule has 5 heteroatoms. The van der Waals surface area contributed by atoms with Crippen LogP contribution in [-0.4, -0.2) is 43.2 Å². The average molecular weight is 372 g/mol. The average Bonchev–Trinajstić information content (AvgIpc) is 2.65. The summed E-state index contributed by atoms with van der Waals surface area (Å²) in [5.41, 5.74) is 1.54. The van der Waals surface area contributed by atoms with Gasteiger partial charge in [-0.1, -0.05) is 18.2 Å². The summed E-state index contributed by atoms with van der Waals surface area (Å²) < 4.78 is 16.0. The Balaban J connectivity index is 2.29. The highest BCUT2D eigenvalue weighted by Gasteiger charge is 2.25. The highest BCUT2D eigenvalue weighted by Crippen LogP contribution is 2.27. The first-order chi connectivity index (χ1) is 12.8. The third-order valence-electron chi connectivity index (χ3n) is 4.38. The van der Waals surface area contributed by atoms with E-state index in [1.165, 1.54) is 0 Å². The molecule has 0 aliphatic carbocycles. The Morgan fingerprint density at radius 2 is 1.48 bits per heavy atom. The van der Waals surface area contributed by atoms with E-state index in [4.69, 9.17) is 14.2 Å². The first kappa shape index (κ1) is 20.8. The number of ether oxygens (including phenoxy) is 3. The lowest BCUT2D eigenvalue weighted by atomic mass is 9.94. The van der Waals surface area contributed by atoms with Gasteiger partial charge in [0.05, 0.1) is 33.0 Å². The van der Waals surface area contributed by atoms with Crippen molar-refractivity contribution >= 4 is 12.2 Å². The van der Waals surface area contributed by atoms with Crippen molar-refractivity contribution in [2.24, 2.45) is 0 Å². The summed E-state index contributed by atoms with van der Waals surface area (Å²) in [6.07, 6.45) is 3.33. The Bertz CT molecular complexity index is 768. The van der Waals surface area contributed by atoms with Gasteiger partial charge in [-0.2, -0.15) is 0 Å². The molecule has 2 aromatic rings. The molecule has 0 heterocycles. The van der Waals surface area contributed by atoms with E-state index in [0.29, 0.717) is 12.2 Å². The summed E-state index contributed by atoms with van der Waals surface area (Å²) in [5.74, 6) is 2.12. The van der Waals surface area contributed by atoms with Crippen LogP contribution in [0, 0.1) is 0 Å². The maximum Gasteiger partial charge on any atom is 0.123 e. The maximum absolute atomic E-state index is 10.2. The van der Waals surface area contributed by atoms with Crippen molar-refractivity contribution in [3.05, 3.63) is 53.1 Å². The van der Waals surface area contributed by atoms with E-state index in [1.54, 1.807) is 35.2 Å². The number of aliphatic hydroxyl groups is 2. The standard InChI is InChI=1S/C22H28O5/c1-22(2,24)21(23)13-17-10-15(8-9-20(17)27-5)6-7-16-11-18(25-3)14-19(12-16)26-4/h6-12,14,21,23-24H,13H2,1-5H3/b7-6+/t21-/m1/s1. The fraction of sp³-hybridized carbons (Fsp3) is 0.364. The van der Waals surface area contributed by atoms with Crippen LogP contribution >= 0.6 is 0 Å². The van der Waals surface area contributed by atoms with Crippen molar-refractivity contribution in [1.82, 2.24) is 0 Å². The molecule has 1 atom stereocenters. The van der Waals surface area contributed by atoms with Crippen molar-refractivity contribution in [2.75, 3.05) is 21.3 Å². The highest BCUT2D eigenvalue weighted by molar-refractivity contribution is 5.71. The van der Waals surface area contributed by atoms with Crippen LogP contribution in [0.2, 0.25) is 0 Å². The predicted molar refractivity (Wildman–Crippen MR) is 107 cm³/mol. The van der Waals surface area contributed by atoms with Gasteiger partial charge in [-0.3, -0.25) is 0 Å². The van der Waals surface area contributed by atoms with Crippen molar-refractivity contribution in [3.8, 4) is 17.2 Å². The number of benzene rings is 2. The lowest BCUT2D eigenvalue weighted by Gasteiger charge is -2.25. The number of hydrogen-bond donors (Lipinski definition) is 2. The van der Waals surface area contributed by atoms with Crippen molar-refractivity contribution < 1.29 is 24.4 Å². The second-order valence-corrected chi connectivity index (χ2v) is 6.92. The largest absolute Gasteiger partial charge is 0.497 e. The van der Waals surface area contributed by atoms with Crippen molar-refractivity contribution in [3.63, 3.8) is 0 Å². The van der Waals surface area contributed by atoms with Gasteiger partial charge in [0.2, 0.25) is 0 Å². The fourth-order valence-electron chi connectivity index (χ4n) is 2.64. The summed E-state index contributed by atoms with van der Waals surface area (Å²) in [6, 6.07) is 11.4. The van der Waals surface area contributed by atoms with Gasteiger partial charge < -0.3 is 24.4 Å². The normalized spacial score (nSPS) is 12.9. The molecule has 0 unspecified atom stereocenters. The molecule has 0 aliphatic rings. The molecule has 146 valence electrons. The molecule has 0 aliphatic heterocycles. The van der Waals surface area contributed by atoms with Gasteiger partial charge >= 0.3 is 0 Å². The molecule has 27 heavy (non-hydrogen) atoms. The van der Waals surface area contributed by atoms with Crippen LogP contribution in [0.4, 0.5) is 0 Å². The van der Waals surface area contributed by atoms with Gasteiger partial charge in [-0.25, -0.2) is 0 Å². The molecular formula is C22H28O5. The molecule has 0 saturated heterocycles. The van der Waals surface area contributed by atoms with E-state index in [0.717, 1.165) is 28.2 Å². The highest BCUT2D eigenvalue weighted by atomic mass is 16.5. The van der Waals surface area contributed by atoms with Gasteiger partial charge in [-0.15, -0.1) is 0 Å². The topological polar surface area (TPSA) is 68.2 Å². The molecule has 0 radical (unpaired) electrons. The van der Waals surface area contributed by atoms with Crippen LogP contribution in [0.3, 0.4) is 0 Å². The van der Waals surface area contributed by atoms with Gasteiger partial charge in [0.15, 0.2) is 0 Å². The van der Waals surface area contributed by atoms with E-state index < -0.39 is 11.7 Å². The fourth-order valence-corrected chi connectivity index (χ4v) is 2.64. The van der Waals surface area contributed by atoms with Crippen LogP contribution in [0.5, 0.6) is 17.2 Å². The molecule has 0 fully saturated rings. The zero-order valence-electron chi connectivity index (χ0n) is 16.5. The molecule has 0 spiro atoms. The second kappa shape index (κ2) is 8.93. The van der Waals surface area contributed by atoms with Crippen LogP contribution in [0.25, 0.3) is 12.2 Å². The van der Waals surface area contributed by atoms with Gasteiger partial charge in [0.25, 0.3) is 0 Å². The molecule has 0 bridgehead atoms. The van der Waals surface area contributed by atoms with Gasteiger partial charge in [-0.05, 0) is 54.8 Å². The van der Waals surface area contributed by atoms with E-state index in [-0.39, 0.29) is 0 Å². The lowest BCUT2D eigenvalue weighted by Crippen LogP contribution is -2.37. The van der Waals surface area contributed by atoms with Crippen LogP contribution in [0.15, 0.2) is 36.4 Å². The third kappa shape index (κ3) is 5.74. The molecule has 0 amide bonds. The molecule has 2 rings (SSSR count). The summed E-state index contributed by atoms with van der Waals surface area (Å²) in [4.78, 5) is 0. The molecule has 5 nitrogen and oxygen atoms in total. The molecular weight excluding hydrogens is 344 g/mol. The first-order valence-corrected chi connectivity index (χ1v) is 8.75. The molecule has 0 saturated carbocycles. The third-order valence-corrected chi connectivity index (χ3v) is 4.38. The SMILES string of the molecule is COc1cc(/C=C/c2ccc(OC)c(C[C@@H](O)C(C)(C)O)c2)cc(OC)c1. The van der Waals surface area contributed by atoms with E-state index >= 15 is 0 Å². The maximum atomic E-state index is 10.2. The van der Waals surface area contributed by atoms with Crippen LogP contribution < -0.4 is 14.2 Å². The quantitative estimate of drug-likeness (QED) is 0.694. The smallest absolute Gasteiger partial charge is 0.123 e. The first-order valence-electron chi connectivity index (χ1n) is 8.75. The Labute approximate surface area is 160 Å². The van der Waals surface area contributed by atoms with Crippen molar-refractivity contribution in [2.45, 2.75) is 32.0 Å². The number of hydrogen-bond acceptors (Lipinski definition) is 5. The summed E-state index contributed by atoms with van der Waals surface area (Å²) in [7, 11) is 4.82. The number of methoxy groups -OCH3 is 3. The monoisotopic (exact) mass is 372 g/mol. The molecule has 2 aromatic carbocycles. The summed E-state index contributed by atoms with van der Waals surface area (Å²) in [6.45, 7) is 3.17. The van der Waals surface area contributed by atoms with E-state index in [1.807, 2.05) is 48.6 Å². The van der Waals surface area contributed by atoms with Crippen LogP contribution in [0.1, 0.15) is 30.5 Å². The molecule has 0 aromatic heterocycles. The van der Waals surface area contributed by atoms with Gasteiger partial charge in [0, 0.05) is 12.5 Å². The van der Waals surface area contributed by atoms with E-state index in [2.05, 4.69) is 0 Å². The Hall–Kier alpha value is -2.50. The minimum absolute atomic E-state index is 0.293.